The smallest absolute Gasteiger partial charge is 0.227 e. The third-order valence-corrected chi connectivity index (χ3v) is 5.70. The Morgan fingerprint density at radius 3 is 2.90 bits per heavy atom. The summed E-state index contributed by atoms with van der Waals surface area (Å²) in [4.78, 5) is 31.1. The lowest BCUT2D eigenvalue weighted by atomic mass is 10.1. The highest BCUT2D eigenvalue weighted by atomic mass is 16.2. The zero-order valence-corrected chi connectivity index (χ0v) is 16.9. The average molecular weight is 390 g/mol. The summed E-state index contributed by atoms with van der Waals surface area (Å²) >= 11 is 0. The van der Waals surface area contributed by atoms with E-state index in [0.717, 1.165) is 35.2 Å². The summed E-state index contributed by atoms with van der Waals surface area (Å²) in [6, 6.07) is 12.0. The molecule has 0 spiro atoms. The summed E-state index contributed by atoms with van der Waals surface area (Å²) in [5.74, 6) is -0.323. The van der Waals surface area contributed by atoms with Gasteiger partial charge in [-0.25, -0.2) is 4.98 Å². The third-order valence-electron chi connectivity index (χ3n) is 5.70. The zero-order chi connectivity index (χ0) is 20.4. The second-order valence-electron chi connectivity index (χ2n) is 7.74. The topological polar surface area (TPSA) is 67.2 Å². The van der Waals surface area contributed by atoms with Crippen LogP contribution in [0, 0.1) is 19.8 Å². The number of pyridine rings is 1. The van der Waals surface area contributed by atoms with E-state index in [-0.39, 0.29) is 24.2 Å². The van der Waals surface area contributed by atoms with Gasteiger partial charge in [0.1, 0.15) is 5.65 Å². The lowest BCUT2D eigenvalue weighted by Gasteiger charge is -2.18. The maximum Gasteiger partial charge on any atom is 0.227 e. The van der Waals surface area contributed by atoms with Crippen LogP contribution in [0.25, 0.3) is 11.0 Å². The molecule has 3 heterocycles. The number of nitrogens with zero attached hydrogens (tertiary/aromatic N) is 3. The van der Waals surface area contributed by atoms with E-state index in [1.165, 1.54) is 5.56 Å². The van der Waals surface area contributed by atoms with E-state index < -0.39 is 0 Å². The van der Waals surface area contributed by atoms with E-state index in [2.05, 4.69) is 14.9 Å². The van der Waals surface area contributed by atoms with Gasteiger partial charge in [0, 0.05) is 49.5 Å². The Bertz CT molecular complexity index is 1060. The average Bonchev–Trinajstić information content (AvgIpc) is 3.31. The predicted molar refractivity (Wildman–Crippen MR) is 114 cm³/mol. The van der Waals surface area contributed by atoms with Gasteiger partial charge in [-0.1, -0.05) is 6.07 Å². The van der Waals surface area contributed by atoms with Gasteiger partial charge in [-0.05, 0) is 61.7 Å². The zero-order valence-electron chi connectivity index (χ0n) is 16.9. The molecule has 0 bridgehead atoms. The molecule has 3 aromatic rings. The molecule has 6 heteroatoms. The number of fused-ring (bicyclic) bond motifs is 1. The van der Waals surface area contributed by atoms with E-state index in [4.69, 9.17) is 0 Å². The van der Waals surface area contributed by atoms with Crippen LogP contribution in [0.2, 0.25) is 0 Å². The van der Waals surface area contributed by atoms with Gasteiger partial charge < -0.3 is 14.8 Å². The van der Waals surface area contributed by atoms with Crippen LogP contribution in [0.1, 0.15) is 24.0 Å². The second-order valence-corrected chi connectivity index (χ2v) is 7.74. The minimum atomic E-state index is -0.293. The maximum atomic E-state index is 12.6. The predicted octanol–water partition coefficient (Wildman–Crippen LogP) is 3.21. The van der Waals surface area contributed by atoms with Crippen LogP contribution in [0.5, 0.6) is 0 Å². The fraction of sp³-hybridized carbons (Fsp3) is 0.348. The molecule has 1 saturated heterocycles. The molecule has 0 radical (unpaired) electrons. The Hall–Kier alpha value is -3.15. The Morgan fingerprint density at radius 1 is 1.21 bits per heavy atom. The van der Waals surface area contributed by atoms with Gasteiger partial charge in [0.25, 0.3) is 0 Å². The van der Waals surface area contributed by atoms with Crippen LogP contribution < -0.4 is 10.2 Å². The molecule has 1 atom stereocenters. The number of aryl methyl sites for hydroxylation is 3. The monoisotopic (exact) mass is 390 g/mol. The SMILES string of the molecule is Cc1ccc(N2CC(C(=O)NCCCn3ccc4cccnc43)CC2=O)cc1C. The fourth-order valence-corrected chi connectivity index (χ4v) is 3.83. The van der Waals surface area contributed by atoms with Crippen molar-refractivity contribution >= 4 is 28.5 Å². The van der Waals surface area contributed by atoms with Crippen LogP contribution in [0.4, 0.5) is 5.69 Å². The number of rotatable bonds is 6. The Balaban J connectivity index is 1.29. The molecule has 1 fully saturated rings. The highest BCUT2D eigenvalue weighted by Gasteiger charge is 2.35. The van der Waals surface area contributed by atoms with E-state index >= 15 is 0 Å². The van der Waals surface area contributed by atoms with E-state index in [9.17, 15) is 9.59 Å². The number of carbonyl (C=O) groups excluding carboxylic acids is 2. The molecule has 150 valence electrons. The van der Waals surface area contributed by atoms with Gasteiger partial charge in [-0.3, -0.25) is 9.59 Å². The van der Waals surface area contributed by atoms with E-state index in [0.29, 0.717) is 13.1 Å². The number of benzene rings is 1. The number of amides is 2. The van der Waals surface area contributed by atoms with Gasteiger partial charge in [-0.15, -0.1) is 0 Å². The third kappa shape index (κ3) is 4.01. The summed E-state index contributed by atoms with van der Waals surface area (Å²) in [5.41, 5.74) is 4.18. The Kier molecular flexibility index (Phi) is 5.34. The first kappa shape index (κ1) is 19.2. The maximum absolute atomic E-state index is 12.6. The van der Waals surface area contributed by atoms with Crippen molar-refractivity contribution in [3.63, 3.8) is 0 Å². The summed E-state index contributed by atoms with van der Waals surface area (Å²) in [6.45, 7) is 5.90. The summed E-state index contributed by atoms with van der Waals surface area (Å²) in [5, 5.41) is 4.11. The molecule has 0 aliphatic carbocycles. The number of hydrogen-bond acceptors (Lipinski definition) is 3. The molecule has 6 nitrogen and oxygen atoms in total. The Labute approximate surface area is 170 Å². The molecule has 4 rings (SSSR count). The van der Waals surface area contributed by atoms with E-state index in [1.54, 1.807) is 11.1 Å². The van der Waals surface area contributed by atoms with Crippen molar-refractivity contribution < 1.29 is 9.59 Å². The molecule has 1 unspecified atom stereocenters. The number of aromatic nitrogens is 2. The van der Waals surface area contributed by atoms with Crippen LogP contribution in [0.15, 0.2) is 48.8 Å². The van der Waals surface area contributed by atoms with Crippen molar-refractivity contribution in [3.8, 4) is 0 Å². The molecule has 2 aromatic heterocycles. The van der Waals surface area contributed by atoms with Crippen molar-refractivity contribution in [2.24, 2.45) is 5.92 Å². The molecule has 2 amide bonds. The van der Waals surface area contributed by atoms with Gasteiger partial charge in [0.2, 0.25) is 11.8 Å². The van der Waals surface area contributed by atoms with Crippen molar-refractivity contribution in [2.45, 2.75) is 33.2 Å². The van der Waals surface area contributed by atoms with Crippen LogP contribution in [0.3, 0.4) is 0 Å². The van der Waals surface area contributed by atoms with Gasteiger partial charge in [0.15, 0.2) is 0 Å². The second kappa shape index (κ2) is 8.07. The molecule has 0 saturated carbocycles. The highest BCUT2D eigenvalue weighted by molar-refractivity contribution is 6.00. The lowest BCUT2D eigenvalue weighted by molar-refractivity contribution is -0.126. The number of nitrogens with one attached hydrogen (secondary N) is 1. The minimum absolute atomic E-state index is 0.0123. The number of hydrogen-bond donors (Lipinski definition) is 1. The van der Waals surface area contributed by atoms with Gasteiger partial charge >= 0.3 is 0 Å². The first-order valence-electron chi connectivity index (χ1n) is 10.1. The number of carbonyl (C=O) groups is 2. The van der Waals surface area contributed by atoms with Crippen LogP contribution >= 0.6 is 0 Å². The van der Waals surface area contributed by atoms with Crippen LogP contribution in [-0.4, -0.2) is 34.5 Å². The summed E-state index contributed by atoms with van der Waals surface area (Å²) in [7, 11) is 0. The quantitative estimate of drug-likeness (QED) is 0.657. The van der Waals surface area contributed by atoms with Gasteiger partial charge in [-0.2, -0.15) is 0 Å². The largest absolute Gasteiger partial charge is 0.356 e. The first-order chi connectivity index (χ1) is 14.0. The van der Waals surface area contributed by atoms with Crippen molar-refractivity contribution in [1.82, 2.24) is 14.9 Å². The first-order valence-corrected chi connectivity index (χ1v) is 10.1. The minimum Gasteiger partial charge on any atom is -0.356 e. The summed E-state index contributed by atoms with van der Waals surface area (Å²) < 4.78 is 2.10. The normalized spacial score (nSPS) is 16.6. The van der Waals surface area contributed by atoms with Crippen molar-refractivity contribution in [3.05, 3.63) is 59.9 Å². The van der Waals surface area contributed by atoms with Crippen molar-refractivity contribution in [1.29, 1.82) is 0 Å². The highest BCUT2D eigenvalue weighted by Crippen LogP contribution is 2.27. The molecule has 29 heavy (non-hydrogen) atoms. The van der Waals surface area contributed by atoms with Crippen LogP contribution in [-0.2, 0) is 16.1 Å². The lowest BCUT2D eigenvalue weighted by Crippen LogP contribution is -2.33. The van der Waals surface area contributed by atoms with Crippen molar-refractivity contribution in [2.75, 3.05) is 18.0 Å². The molecule has 1 aliphatic rings. The molecular formula is C23H26N4O2. The molecular weight excluding hydrogens is 364 g/mol. The van der Waals surface area contributed by atoms with Gasteiger partial charge in [0.05, 0.1) is 5.92 Å². The summed E-state index contributed by atoms with van der Waals surface area (Å²) in [6.07, 6.45) is 4.90. The fourth-order valence-electron chi connectivity index (χ4n) is 3.83. The standard InChI is InChI=1S/C23H26N4O2/c1-16-6-7-20(13-17(16)2)27-15-19(14-21(27)28)23(29)25-10-4-11-26-12-8-18-5-3-9-24-22(18)26/h3,5-9,12-13,19H,4,10-11,14-15H2,1-2H3,(H,25,29). The molecule has 1 aromatic carbocycles. The molecule has 1 aliphatic heterocycles. The molecule has 1 N–H and O–H groups in total. The Morgan fingerprint density at radius 2 is 2.07 bits per heavy atom. The van der Waals surface area contributed by atoms with E-state index in [1.807, 2.05) is 56.4 Å². The number of anilines is 1.